The molecule has 118 valence electrons. The van der Waals surface area contributed by atoms with Gasteiger partial charge in [-0.1, -0.05) is 30.5 Å². The second-order valence-corrected chi connectivity index (χ2v) is 6.38. The molecule has 1 saturated heterocycles. The highest BCUT2D eigenvalue weighted by molar-refractivity contribution is 6.31. The zero-order chi connectivity index (χ0) is 15.7. The lowest BCUT2D eigenvalue weighted by Gasteiger charge is -2.23. The SMILES string of the molecule is O=C(Nc1cccc(Cl)c1F)[C@H]1CC(=O)N(C2CCCC2)C1. The van der Waals surface area contributed by atoms with E-state index < -0.39 is 11.7 Å². The molecule has 3 rings (SSSR count). The number of hydrogen-bond donors (Lipinski definition) is 1. The Kier molecular flexibility index (Phi) is 4.34. The summed E-state index contributed by atoms with van der Waals surface area (Å²) in [6.45, 7) is 0.428. The van der Waals surface area contributed by atoms with E-state index in [4.69, 9.17) is 11.6 Å². The van der Waals surface area contributed by atoms with Crippen LogP contribution in [0.1, 0.15) is 32.1 Å². The predicted octanol–water partition coefficient (Wildman–Crippen LogP) is 3.21. The first kappa shape index (κ1) is 15.3. The maximum absolute atomic E-state index is 13.8. The van der Waals surface area contributed by atoms with Crippen LogP contribution >= 0.6 is 11.6 Å². The Hall–Kier alpha value is -1.62. The van der Waals surface area contributed by atoms with Crippen molar-refractivity contribution in [3.05, 3.63) is 29.0 Å². The summed E-state index contributed by atoms with van der Waals surface area (Å²) in [5.74, 6) is -1.37. The van der Waals surface area contributed by atoms with Crippen molar-refractivity contribution in [3.8, 4) is 0 Å². The van der Waals surface area contributed by atoms with Gasteiger partial charge in [-0.25, -0.2) is 4.39 Å². The molecule has 1 aliphatic carbocycles. The number of rotatable bonds is 3. The maximum atomic E-state index is 13.8. The van der Waals surface area contributed by atoms with E-state index in [9.17, 15) is 14.0 Å². The first-order valence-corrected chi connectivity index (χ1v) is 7.98. The third-order valence-corrected chi connectivity index (χ3v) is 4.80. The van der Waals surface area contributed by atoms with Crippen LogP contribution in [0.3, 0.4) is 0 Å². The van der Waals surface area contributed by atoms with Gasteiger partial charge >= 0.3 is 0 Å². The average molecular weight is 325 g/mol. The van der Waals surface area contributed by atoms with Gasteiger partial charge in [0, 0.05) is 19.0 Å². The van der Waals surface area contributed by atoms with Crippen LogP contribution in [0.2, 0.25) is 5.02 Å². The molecule has 1 saturated carbocycles. The van der Waals surface area contributed by atoms with Crippen LogP contribution in [-0.2, 0) is 9.59 Å². The third-order valence-electron chi connectivity index (χ3n) is 4.50. The zero-order valence-corrected chi connectivity index (χ0v) is 12.9. The molecule has 1 aromatic rings. The van der Waals surface area contributed by atoms with Crippen molar-refractivity contribution in [1.82, 2.24) is 4.90 Å². The van der Waals surface area contributed by atoms with Gasteiger partial charge in [0.1, 0.15) is 0 Å². The number of carbonyl (C=O) groups excluding carboxylic acids is 2. The second kappa shape index (κ2) is 6.24. The van der Waals surface area contributed by atoms with Gasteiger partial charge in [0.2, 0.25) is 11.8 Å². The molecule has 2 amide bonds. The van der Waals surface area contributed by atoms with Crippen LogP contribution in [-0.4, -0.2) is 29.3 Å². The van der Waals surface area contributed by atoms with Gasteiger partial charge in [0.25, 0.3) is 0 Å². The van der Waals surface area contributed by atoms with E-state index in [1.165, 1.54) is 12.1 Å². The number of carbonyl (C=O) groups is 2. The maximum Gasteiger partial charge on any atom is 0.229 e. The Morgan fingerprint density at radius 3 is 2.77 bits per heavy atom. The van der Waals surface area contributed by atoms with Crippen molar-refractivity contribution in [2.24, 2.45) is 5.92 Å². The van der Waals surface area contributed by atoms with Gasteiger partial charge in [-0.15, -0.1) is 0 Å². The van der Waals surface area contributed by atoms with E-state index in [-0.39, 0.29) is 35.0 Å². The third kappa shape index (κ3) is 2.95. The summed E-state index contributed by atoms with van der Waals surface area (Å²) in [4.78, 5) is 26.2. The summed E-state index contributed by atoms with van der Waals surface area (Å²) in [7, 11) is 0. The minimum absolute atomic E-state index is 0.0265. The molecule has 1 aliphatic heterocycles. The number of nitrogens with zero attached hydrogens (tertiary/aromatic N) is 1. The minimum atomic E-state index is -0.644. The summed E-state index contributed by atoms with van der Waals surface area (Å²) < 4.78 is 13.8. The van der Waals surface area contributed by atoms with Gasteiger partial charge in [-0.2, -0.15) is 0 Å². The lowest BCUT2D eigenvalue weighted by molar-refractivity contribution is -0.129. The van der Waals surface area contributed by atoms with Crippen LogP contribution in [0.25, 0.3) is 0 Å². The monoisotopic (exact) mass is 324 g/mol. The number of benzene rings is 1. The molecule has 2 aliphatic rings. The number of nitrogens with one attached hydrogen (secondary N) is 1. The molecule has 1 N–H and O–H groups in total. The van der Waals surface area contributed by atoms with E-state index in [1.807, 2.05) is 4.90 Å². The van der Waals surface area contributed by atoms with Crippen molar-refractivity contribution in [2.45, 2.75) is 38.1 Å². The Labute approximate surface area is 133 Å². The normalized spacial score (nSPS) is 22.4. The number of anilines is 1. The topological polar surface area (TPSA) is 49.4 Å². The summed E-state index contributed by atoms with van der Waals surface area (Å²) in [5, 5.41) is 2.51. The summed E-state index contributed by atoms with van der Waals surface area (Å²) >= 11 is 5.70. The fourth-order valence-electron chi connectivity index (χ4n) is 3.31. The van der Waals surface area contributed by atoms with Crippen molar-refractivity contribution >= 4 is 29.1 Å². The highest BCUT2D eigenvalue weighted by atomic mass is 35.5. The van der Waals surface area contributed by atoms with Gasteiger partial charge in [-0.3, -0.25) is 9.59 Å². The Morgan fingerprint density at radius 2 is 2.05 bits per heavy atom. The lowest BCUT2D eigenvalue weighted by atomic mass is 10.1. The molecule has 0 spiro atoms. The van der Waals surface area contributed by atoms with E-state index in [0.717, 1.165) is 25.7 Å². The molecule has 22 heavy (non-hydrogen) atoms. The summed E-state index contributed by atoms with van der Waals surface area (Å²) in [5.41, 5.74) is 0.0595. The molecule has 6 heteroatoms. The first-order chi connectivity index (χ1) is 10.6. The van der Waals surface area contributed by atoms with Gasteiger partial charge in [-0.05, 0) is 25.0 Å². The van der Waals surface area contributed by atoms with E-state index in [1.54, 1.807) is 6.07 Å². The molecule has 4 nitrogen and oxygen atoms in total. The standard InChI is InChI=1S/C16H18ClFN2O2/c17-12-6-3-7-13(15(12)18)19-16(22)10-8-14(21)20(9-10)11-4-1-2-5-11/h3,6-7,10-11H,1-2,4-5,8-9H2,(H,19,22)/t10-/m0/s1. The van der Waals surface area contributed by atoms with Crippen molar-refractivity contribution in [3.63, 3.8) is 0 Å². The molecule has 0 bridgehead atoms. The van der Waals surface area contributed by atoms with Gasteiger partial charge in [0.05, 0.1) is 16.6 Å². The Bertz CT molecular complexity index is 602. The van der Waals surface area contributed by atoms with E-state index in [0.29, 0.717) is 6.54 Å². The molecular formula is C16H18ClFN2O2. The highest BCUT2D eigenvalue weighted by Gasteiger charge is 2.38. The Morgan fingerprint density at radius 1 is 1.32 bits per heavy atom. The minimum Gasteiger partial charge on any atom is -0.339 e. The fourth-order valence-corrected chi connectivity index (χ4v) is 3.49. The number of amides is 2. The fraction of sp³-hybridized carbons (Fsp3) is 0.500. The second-order valence-electron chi connectivity index (χ2n) is 5.98. The van der Waals surface area contributed by atoms with Crippen molar-refractivity contribution in [2.75, 3.05) is 11.9 Å². The Balaban J connectivity index is 1.66. The van der Waals surface area contributed by atoms with Crippen LogP contribution in [0, 0.1) is 11.7 Å². The summed E-state index contributed by atoms with van der Waals surface area (Å²) in [6.07, 6.45) is 4.51. The molecule has 1 heterocycles. The quantitative estimate of drug-likeness (QED) is 0.928. The van der Waals surface area contributed by atoms with Crippen LogP contribution < -0.4 is 5.32 Å². The number of hydrogen-bond acceptors (Lipinski definition) is 2. The molecule has 0 aromatic heterocycles. The number of likely N-dealkylation sites (tertiary alicyclic amines) is 1. The van der Waals surface area contributed by atoms with Crippen molar-refractivity contribution < 1.29 is 14.0 Å². The number of halogens is 2. The lowest BCUT2D eigenvalue weighted by Crippen LogP contribution is -2.35. The molecule has 1 aromatic carbocycles. The first-order valence-electron chi connectivity index (χ1n) is 7.60. The summed E-state index contributed by atoms with van der Waals surface area (Å²) in [6, 6.07) is 4.73. The molecule has 2 fully saturated rings. The van der Waals surface area contributed by atoms with Gasteiger partial charge < -0.3 is 10.2 Å². The molecule has 1 atom stereocenters. The zero-order valence-electron chi connectivity index (χ0n) is 12.1. The van der Waals surface area contributed by atoms with Crippen LogP contribution in [0.15, 0.2) is 18.2 Å². The molecule has 0 radical (unpaired) electrons. The smallest absolute Gasteiger partial charge is 0.229 e. The highest BCUT2D eigenvalue weighted by Crippen LogP contribution is 2.30. The van der Waals surface area contributed by atoms with Crippen LogP contribution in [0.5, 0.6) is 0 Å². The van der Waals surface area contributed by atoms with Crippen LogP contribution in [0.4, 0.5) is 10.1 Å². The average Bonchev–Trinajstić information content (AvgIpc) is 3.12. The molecular weight excluding hydrogens is 307 g/mol. The molecule has 0 unspecified atom stereocenters. The van der Waals surface area contributed by atoms with Gasteiger partial charge in [0.15, 0.2) is 5.82 Å². The van der Waals surface area contributed by atoms with E-state index in [2.05, 4.69) is 5.32 Å². The van der Waals surface area contributed by atoms with E-state index >= 15 is 0 Å². The largest absolute Gasteiger partial charge is 0.339 e. The predicted molar refractivity (Wildman–Crippen MR) is 82.1 cm³/mol. The van der Waals surface area contributed by atoms with Crippen molar-refractivity contribution in [1.29, 1.82) is 0 Å².